The first-order valence-electron chi connectivity index (χ1n) is 3.60. The van der Waals surface area contributed by atoms with Crippen LogP contribution in [0.25, 0.3) is 0 Å². The zero-order chi connectivity index (χ0) is 8.97. The number of aromatic amines is 1. The lowest BCUT2D eigenvalue weighted by molar-refractivity contribution is -0.124. The van der Waals surface area contributed by atoms with Crippen LogP contribution in [0.1, 0.15) is 13.3 Å². The van der Waals surface area contributed by atoms with Crippen LogP contribution in [0.3, 0.4) is 0 Å². The highest BCUT2D eigenvalue weighted by Gasteiger charge is 2.04. The lowest BCUT2D eigenvalue weighted by Gasteiger charge is -1.98. The Labute approximate surface area is 70.0 Å². The van der Waals surface area contributed by atoms with Crippen LogP contribution >= 0.6 is 0 Å². The SMILES string of the molecule is CC(=O)CC(=O)Nc1cc[nH]c1. The number of carbonyl (C=O) groups excluding carboxylic acids is 2. The summed E-state index contributed by atoms with van der Waals surface area (Å²) in [6.45, 7) is 1.39. The number of hydrogen-bond donors (Lipinski definition) is 2. The highest BCUT2D eigenvalue weighted by molar-refractivity contribution is 6.03. The third-order valence-corrected chi connectivity index (χ3v) is 1.29. The average Bonchev–Trinajstić information content (AvgIpc) is 2.37. The second kappa shape index (κ2) is 3.71. The average molecular weight is 166 g/mol. The van der Waals surface area contributed by atoms with Crippen molar-refractivity contribution in [1.82, 2.24) is 4.98 Å². The molecule has 4 nitrogen and oxygen atoms in total. The Hall–Kier alpha value is -1.58. The molecule has 1 rings (SSSR count). The molecule has 0 spiro atoms. The van der Waals surface area contributed by atoms with E-state index in [0.29, 0.717) is 5.69 Å². The van der Waals surface area contributed by atoms with E-state index < -0.39 is 0 Å². The van der Waals surface area contributed by atoms with Crippen molar-refractivity contribution >= 4 is 17.4 Å². The minimum atomic E-state index is -0.276. The summed E-state index contributed by atoms with van der Waals surface area (Å²) < 4.78 is 0. The van der Waals surface area contributed by atoms with E-state index in [1.807, 2.05) is 0 Å². The number of nitrogens with one attached hydrogen (secondary N) is 2. The number of anilines is 1. The van der Waals surface area contributed by atoms with E-state index in [2.05, 4.69) is 10.3 Å². The van der Waals surface area contributed by atoms with Crippen molar-refractivity contribution in [2.75, 3.05) is 5.32 Å². The minimum absolute atomic E-state index is 0.0643. The summed E-state index contributed by atoms with van der Waals surface area (Å²) in [5, 5.41) is 2.56. The molecule has 64 valence electrons. The quantitative estimate of drug-likeness (QED) is 0.656. The van der Waals surface area contributed by atoms with Crippen LogP contribution in [0.2, 0.25) is 0 Å². The van der Waals surface area contributed by atoms with E-state index in [9.17, 15) is 9.59 Å². The number of amides is 1. The van der Waals surface area contributed by atoms with Crippen molar-refractivity contribution < 1.29 is 9.59 Å². The number of aromatic nitrogens is 1. The summed E-state index contributed by atoms with van der Waals surface area (Å²) in [5.74, 6) is -0.412. The molecule has 0 atom stereocenters. The molecule has 1 heterocycles. The van der Waals surface area contributed by atoms with Crippen LogP contribution in [0.4, 0.5) is 5.69 Å². The predicted molar refractivity (Wildman–Crippen MR) is 44.7 cm³/mol. The highest BCUT2D eigenvalue weighted by Crippen LogP contribution is 2.03. The molecule has 0 aromatic carbocycles. The minimum Gasteiger partial charge on any atom is -0.366 e. The zero-order valence-corrected chi connectivity index (χ0v) is 6.76. The number of carbonyl (C=O) groups is 2. The monoisotopic (exact) mass is 166 g/mol. The second-order valence-electron chi connectivity index (χ2n) is 2.53. The zero-order valence-electron chi connectivity index (χ0n) is 6.76. The number of ketones is 1. The maximum atomic E-state index is 11.0. The molecular formula is C8H10N2O2. The van der Waals surface area contributed by atoms with Gasteiger partial charge in [-0.3, -0.25) is 9.59 Å². The fourth-order valence-corrected chi connectivity index (χ4v) is 0.833. The Bertz CT molecular complexity index is 277. The van der Waals surface area contributed by atoms with Gasteiger partial charge in [0.2, 0.25) is 5.91 Å². The van der Waals surface area contributed by atoms with Gasteiger partial charge in [-0.1, -0.05) is 0 Å². The number of hydrogen-bond acceptors (Lipinski definition) is 2. The van der Waals surface area contributed by atoms with E-state index in [0.717, 1.165) is 0 Å². The van der Waals surface area contributed by atoms with Gasteiger partial charge in [0.05, 0.1) is 12.1 Å². The van der Waals surface area contributed by atoms with Crippen LogP contribution in [0, 0.1) is 0 Å². The van der Waals surface area contributed by atoms with Gasteiger partial charge in [0.25, 0.3) is 0 Å². The fourth-order valence-electron chi connectivity index (χ4n) is 0.833. The van der Waals surface area contributed by atoms with Gasteiger partial charge in [-0.2, -0.15) is 0 Å². The van der Waals surface area contributed by atoms with E-state index in [1.165, 1.54) is 6.92 Å². The highest BCUT2D eigenvalue weighted by atomic mass is 16.2. The smallest absolute Gasteiger partial charge is 0.231 e. The first-order valence-corrected chi connectivity index (χ1v) is 3.60. The maximum absolute atomic E-state index is 11.0. The van der Waals surface area contributed by atoms with Gasteiger partial charge in [0.15, 0.2) is 0 Å². The Morgan fingerprint density at radius 2 is 2.33 bits per heavy atom. The standard InChI is InChI=1S/C8H10N2O2/c1-6(11)4-8(12)10-7-2-3-9-5-7/h2-3,5,9H,4H2,1H3,(H,10,12). The van der Waals surface area contributed by atoms with Gasteiger partial charge in [0.1, 0.15) is 5.78 Å². The Balaban J connectivity index is 2.42. The lowest BCUT2D eigenvalue weighted by atomic mass is 10.3. The third kappa shape index (κ3) is 2.57. The lowest BCUT2D eigenvalue weighted by Crippen LogP contribution is -2.14. The Morgan fingerprint density at radius 1 is 1.58 bits per heavy atom. The summed E-state index contributed by atoms with van der Waals surface area (Å²) in [6, 6.07) is 1.72. The van der Waals surface area contributed by atoms with E-state index in [4.69, 9.17) is 0 Å². The van der Waals surface area contributed by atoms with Crippen molar-refractivity contribution in [3.05, 3.63) is 18.5 Å². The van der Waals surface area contributed by atoms with Crippen LogP contribution in [-0.4, -0.2) is 16.7 Å². The molecule has 0 saturated heterocycles. The molecule has 0 radical (unpaired) electrons. The summed E-state index contributed by atoms with van der Waals surface area (Å²) in [5.41, 5.74) is 0.682. The van der Waals surface area contributed by atoms with Crippen molar-refractivity contribution in [3.63, 3.8) is 0 Å². The van der Waals surface area contributed by atoms with Crippen LogP contribution in [0.5, 0.6) is 0 Å². The molecule has 0 bridgehead atoms. The van der Waals surface area contributed by atoms with Gasteiger partial charge in [0, 0.05) is 12.4 Å². The molecule has 1 aromatic rings. The second-order valence-corrected chi connectivity index (χ2v) is 2.53. The van der Waals surface area contributed by atoms with Crippen molar-refractivity contribution in [2.45, 2.75) is 13.3 Å². The van der Waals surface area contributed by atoms with Gasteiger partial charge >= 0.3 is 0 Å². The van der Waals surface area contributed by atoms with Crippen molar-refractivity contribution in [1.29, 1.82) is 0 Å². The van der Waals surface area contributed by atoms with Gasteiger partial charge < -0.3 is 10.3 Å². The first kappa shape index (κ1) is 8.52. The van der Waals surface area contributed by atoms with Crippen molar-refractivity contribution in [2.24, 2.45) is 0 Å². The molecule has 12 heavy (non-hydrogen) atoms. The van der Waals surface area contributed by atoms with Crippen LogP contribution < -0.4 is 5.32 Å². The maximum Gasteiger partial charge on any atom is 0.231 e. The Kier molecular flexibility index (Phi) is 2.63. The van der Waals surface area contributed by atoms with Gasteiger partial charge in [-0.15, -0.1) is 0 Å². The molecule has 0 fully saturated rings. The third-order valence-electron chi connectivity index (χ3n) is 1.29. The molecule has 4 heteroatoms. The van der Waals surface area contributed by atoms with Crippen LogP contribution in [0.15, 0.2) is 18.5 Å². The summed E-state index contributed by atoms with van der Waals surface area (Å²) in [4.78, 5) is 24.3. The summed E-state index contributed by atoms with van der Waals surface area (Å²) >= 11 is 0. The largest absolute Gasteiger partial charge is 0.366 e. The van der Waals surface area contributed by atoms with Crippen molar-refractivity contribution in [3.8, 4) is 0 Å². The van der Waals surface area contributed by atoms with E-state index in [-0.39, 0.29) is 18.1 Å². The summed E-state index contributed by atoms with van der Waals surface area (Å²) in [6.07, 6.45) is 3.28. The molecule has 1 aromatic heterocycles. The molecular weight excluding hydrogens is 156 g/mol. The normalized spacial score (nSPS) is 9.42. The van der Waals surface area contributed by atoms with Gasteiger partial charge in [-0.25, -0.2) is 0 Å². The molecule has 2 N–H and O–H groups in total. The number of rotatable bonds is 3. The van der Waals surface area contributed by atoms with Gasteiger partial charge in [-0.05, 0) is 13.0 Å². The molecule has 1 amide bonds. The molecule has 0 aliphatic heterocycles. The molecule has 0 aliphatic carbocycles. The van der Waals surface area contributed by atoms with E-state index >= 15 is 0 Å². The predicted octanol–water partition coefficient (Wildman–Crippen LogP) is 0.932. The molecule has 0 unspecified atom stereocenters. The fraction of sp³-hybridized carbons (Fsp3) is 0.250. The number of Topliss-reactive ketones (excluding diaryl/α,β-unsaturated/α-hetero) is 1. The molecule has 0 saturated carbocycles. The van der Waals surface area contributed by atoms with E-state index in [1.54, 1.807) is 18.5 Å². The Morgan fingerprint density at radius 3 is 2.83 bits per heavy atom. The topological polar surface area (TPSA) is 62.0 Å². The van der Waals surface area contributed by atoms with Crippen LogP contribution in [-0.2, 0) is 9.59 Å². The molecule has 0 aliphatic rings. The first-order chi connectivity index (χ1) is 5.68. The number of H-pyrrole nitrogens is 1. The summed E-state index contributed by atoms with van der Waals surface area (Å²) in [7, 11) is 0.